The second kappa shape index (κ2) is 6.90. The van der Waals surface area contributed by atoms with E-state index in [-0.39, 0.29) is 19.0 Å². The molecule has 3 unspecified atom stereocenters. The molecular formula is C10H15F3N3O3P3. The van der Waals surface area contributed by atoms with Gasteiger partial charge in [0.15, 0.2) is 0 Å². The van der Waals surface area contributed by atoms with Crippen molar-refractivity contribution in [2.24, 2.45) is 13.5 Å². The van der Waals surface area contributed by atoms with Crippen LogP contribution in [-0.4, -0.2) is 13.2 Å². The molecule has 0 aromatic heterocycles. The van der Waals surface area contributed by atoms with Crippen molar-refractivity contribution >= 4 is 23.2 Å². The first-order chi connectivity index (χ1) is 10.3. The highest BCUT2D eigenvalue weighted by Crippen LogP contribution is 2.80. The van der Waals surface area contributed by atoms with E-state index in [4.69, 9.17) is 13.6 Å². The third kappa shape index (κ3) is 4.46. The van der Waals surface area contributed by atoms with E-state index in [0.717, 1.165) is 0 Å². The molecule has 0 amide bonds. The van der Waals surface area contributed by atoms with Crippen LogP contribution in [0.1, 0.15) is 13.8 Å². The second-order valence-corrected chi connectivity index (χ2v) is 9.61. The van der Waals surface area contributed by atoms with Crippen LogP contribution in [0.4, 0.5) is 12.6 Å². The van der Waals surface area contributed by atoms with Crippen LogP contribution in [0.3, 0.4) is 0 Å². The zero-order valence-corrected chi connectivity index (χ0v) is 14.5. The highest BCUT2D eigenvalue weighted by molar-refractivity contribution is 7.78. The fraction of sp³-hybridized carbons (Fsp3) is 0.400. The largest absolute Gasteiger partial charge is 0.441 e. The Kier molecular flexibility index (Phi) is 5.57. The van der Waals surface area contributed by atoms with E-state index in [1.54, 1.807) is 18.2 Å². The molecule has 1 aliphatic heterocycles. The first kappa shape index (κ1) is 17.8. The summed E-state index contributed by atoms with van der Waals surface area (Å²) in [4.78, 5) is 0. The normalized spacial score (nSPS) is 34.2. The van der Waals surface area contributed by atoms with E-state index in [0.29, 0.717) is 0 Å². The molecule has 1 heterocycles. The highest BCUT2D eigenvalue weighted by atomic mass is 31.3. The summed E-state index contributed by atoms with van der Waals surface area (Å²) in [5.41, 5.74) is 0. The van der Waals surface area contributed by atoms with E-state index >= 15 is 0 Å². The summed E-state index contributed by atoms with van der Waals surface area (Å²) < 4.78 is 67.9. The molecule has 1 aromatic carbocycles. The van der Waals surface area contributed by atoms with Crippen LogP contribution >= 0.6 is 23.2 Å². The number of benzene rings is 1. The van der Waals surface area contributed by atoms with Crippen LogP contribution in [0.25, 0.3) is 0 Å². The van der Waals surface area contributed by atoms with E-state index in [9.17, 15) is 12.6 Å². The molecule has 0 fully saturated rings. The molecule has 0 radical (unpaired) electrons. The van der Waals surface area contributed by atoms with Crippen molar-refractivity contribution in [3.8, 4) is 5.75 Å². The molecule has 0 N–H and O–H groups in total. The predicted octanol–water partition coefficient (Wildman–Crippen LogP) is 6.90. The molecule has 0 saturated carbocycles. The van der Waals surface area contributed by atoms with Gasteiger partial charge in [0.25, 0.3) is 0 Å². The Morgan fingerprint density at radius 3 is 1.77 bits per heavy atom. The lowest BCUT2D eigenvalue weighted by atomic mass is 10.3. The first-order valence-electron chi connectivity index (χ1n) is 6.36. The summed E-state index contributed by atoms with van der Waals surface area (Å²) in [7, 11) is -13.7. The fourth-order valence-corrected chi connectivity index (χ4v) is 8.37. The maximum atomic E-state index is 14.8. The van der Waals surface area contributed by atoms with Gasteiger partial charge in [0.05, 0.1) is 13.2 Å². The average molecular weight is 375 g/mol. The van der Waals surface area contributed by atoms with Gasteiger partial charge in [-0.25, -0.2) is 0 Å². The van der Waals surface area contributed by atoms with Gasteiger partial charge in [-0.15, -0.1) is 17.7 Å². The predicted molar refractivity (Wildman–Crippen MR) is 81.7 cm³/mol. The van der Waals surface area contributed by atoms with Crippen LogP contribution in [0.2, 0.25) is 0 Å². The Bertz CT molecular complexity index is 687. The lowest BCUT2D eigenvalue weighted by Gasteiger charge is -2.23. The van der Waals surface area contributed by atoms with E-state index < -0.39 is 23.2 Å². The third-order valence-electron chi connectivity index (χ3n) is 2.21. The Hall–Kier alpha value is -0.580. The molecule has 1 aromatic rings. The topological polar surface area (TPSA) is 64.8 Å². The Labute approximate surface area is 126 Å². The lowest BCUT2D eigenvalue weighted by molar-refractivity contribution is 0.336. The zero-order valence-electron chi connectivity index (χ0n) is 11.8. The van der Waals surface area contributed by atoms with Crippen molar-refractivity contribution in [3.05, 3.63) is 30.3 Å². The van der Waals surface area contributed by atoms with Crippen LogP contribution in [-0.2, 0) is 9.05 Å². The van der Waals surface area contributed by atoms with Crippen molar-refractivity contribution in [3.63, 3.8) is 0 Å². The minimum absolute atomic E-state index is 0.0545. The first-order valence-corrected chi connectivity index (χ1v) is 10.9. The summed E-state index contributed by atoms with van der Waals surface area (Å²) in [6.07, 6.45) is 0. The summed E-state index contributed by atoms with van der Waals surface area (Å²) in [5, 5.41) is 0. The summed E-state index contributed by atoms with van der Waals surface area (Å²) in [5.74, 6) is 0.0545. The average Bonchev–Trinajstić information content (AvgIpc) is 2.37. The molecule has 6 nitrogen and oxygen atoms in total. The molecule has 0 bridgehead atoms. The van der Waals surface area contributed by atoms with Crippen molar-refractivity contribution in [2.75, 3.05) is 13.2 Å². The van der Waals surface area contributed by atoms with Crippen LogP contribution in [0.15, 0.2) is 43.9 Å². The molecule has 12 heteroatoms. The van der Waals surface area contributed by atoms with Gasteiger partial charge in [0, 0.05) is 0 Å². The molecule has 3 atom stereocenters. The van der Waals surface area contributed by atoms with Gasteiger partial charge < -0.3 is 13.6 Å². The monoisotopic (exact) mass is 375 g/mol. The van der Waals surface area contributed by atoms with Gasteiger partial charge in [-0.3, -0.25) is 0 Å². The number of nitrogens with zero attached hydrogens (tertiary/aromatic N) is 3. The Morgan fingerprint density at radius 1 is 0.818 bits per heavy atom. The Balaban J connectivity index is 2.51. The summed E-state index contributed by atoms with van der Waals surface area (Å²) >= 11 is 0. The molecular weight excluding hydrogens is 360 g/mol. The van der Waals surface area contributed by atoms with Crippen molar-refractivity contribution in [1.82, 2.24) is 0 Å². The van der Waals surface area contributed by atoms with Gasteiger partial charge in [0.2, 0.25) is 0 Å². The standard InChI is InChI=1S/C10H15F3N3O3P3/c1-3-17-20(11)14-21(12,18-4-2)16-22(13,15-20)19-10-8-6-5-7-9-10/h5-9H,3-4H2,1-2H3. The smallest absolute Gasteiger partial charge is 0.419 e. The summed E-state index contributed by atoms with van der Waals surface area (Å²) in [6.45, 7) is 2.64. The number of hydrogen-bond acceptors (Lipinski definition) is 6. The van der Waals surface area contributed by atoms with Crippen molar-refractivity contribution in [1.29, 1.82) is 0 Å². The minimum atomic E-state index is -4.63. The minimum Gasteiger partial charge on any atom is -0.419 e. The van der Waals surface area contributed by atoms with Crippen LogP contribution in [0, 0.1) is 0 Å². The molecule has 22 heavy (non-hydrogen) atoms. The van der Waals surface area contributed by atoms with Gasteiger partial charge in [0.1, 0.15) is 5.75 Å². The molecule has 0 saturated heterocycles. The number of para-hydroxylation sites is 1. The maximum Gasteiger partial charge on any atom is 0.441 e. The van der Waals surface area contributed by atoms with Crippen LogP contribution < -0.4 is 4.52 Å². The lowest BCUT2D eigenvalue weighted by Crippen LogP contribution is -1.93. The fourth-order valence-electron chi connectivity index (χ4n) is 1.55. The highest BCUT2D eigenvalue weighted by Gasteiger charge is 2.41. The third-order valence-corrected chi connectivity index (χ3v) is 9.13. The number of halogens is 3. The zero-order chi connectivity index (χ0) is 16.3. The molecule has 1 aliphatic rings. The van der Waals surface area contributed by atoms with Crippen molar-refractivity contribution < 1.29 is 26.2 Å². The van der Waals surface area contributed by atoms with E-state index in [2.05, 4.69) is 13.5 Å². The quantitative estimate of drug-likeness (QED) is 0.508. The molecule has 0 aliphatic carbocycles. The van der Waals surface area contributed by atoms with Gasteiger partial charge in [-0.1, -0.05) is 18.2 Å². The van der Waals surface area contributed by atoms with Crippen LogP contribution in [0.5, 0.6) is 5.75 Å². The van der Waals surface area contributed by atoms with E-state index in [1.807, 2.05) is 0 Å². The maximum absolute atomic E-state index is 14.8. The second-order valence-electron chi connectivity index (χ2n) is 3.93. The van der Waals surface area contributed by atoms with Gasteiger partial charge >= 0.3 is 23.2 Å². The SMILES string of the molecule is CCOP1(F)=NP(F)(OCC)=NP(F)(Oc2ccccc2)=N1. The summed E-state index contributed by atoms with van der Waals surface area (Å²) in [6, 6.07) is 7.69. The number of hydrogen-bond donors (Lipinski definition) is 0. The van der Waals surface area contributed by atoms with Gasteiger partial charge in [-0.2, -0.15) is 8.39 Å². The molecule has 0 spiro atoms. The van der Waals surface area contributed by atoms with E-state index in [1.165, 1.54) is 26.0 Å². The van der Waals surface area contributed by atoms with Crippen molar-refractivity contribution in [2.45, 2.75) is 13.8 Å². The van der Waals surface area contributed by atoms with Gasteiger partial charge in [-0.05, 0) is 26.0 Å². The molecule has 124 valence electrons. The molecule has 2 rings (SSSR count). The Morgan fingerprint density at radius 2 is 1.27 bits per heavy atom. The number of rotatable bonds is 6.